The van der Waals surface area contributed by atoms with E-state index in [2.05, 4.69) is 16.7 Å². The third-order valence-corrected chi connectivity index (χ3v) is 16.7. The van der Waals surface area contributed by atoms with E-state index in [9.17, 15) is 24.6 Å². The largest absolute Gasteiger partial charge is 0.481 e. The van der Waals surface area contributed by atoms with Gasteiger partial charge in [0.2, 0.25) is 5.91 Å². The second-order valence-corrected chi connectivity index (χ2v) is 20.1. The quantitative estimate of drug-likeness (QED) is 0.0749. The molecule has 2 fully saturated rings. The number of hydrogen-bond donors (Lipinski definition) is 5. The zero-order valence-corrected chi connectivity index (χ0v) is 36.2. The zero-order chi connectivity index (χ0) is 41.7. The first kappa shape index (κ1) is 42.0. The number of esters is 1. The Hall–Kier alpha value is -3.69. The third kappa shape index (κ3) is 7.24. The molecule has 318 valence electrons. The number of ether oxygens (including phenoxy) is 2. The summed E-state index contributed by atoms with van der Waals surface area (Å²) < 4.78 is 20.1. The molecule has 6 N–H and O–H groups in total. The second-order valence-electron chi connectivity index (χ2n) is 17.5. The lowest BCUT2D eigenvalue weighted by atomic mass is 9.61. The Bertz CT molecular complexity index is 2190. The van der Waals surface area contributed by atoms with Gasteiger partial charge in [-0.1, -0.05) is 52.2 Å². The van der Waals surface area contributed by atoms with Gasteiger partial charge in [0.05, 0.1) is 18.2 Å². The van der Waals surface area contributed by atoms with Crippen molar-refractivity contribution >= 4 is 44.4 Å². The molecular weight excluding hydrogens is 789 g/mol. The van der Waals surface area contributed by atoms with E-state index < -0.39 is 34.1 Å². The van der Waals surface area contributed by atoms with Crippen LogP contribution in [-0.4, -0.2) is 95.6 Å². The van der Waals surface area contributed by atoms with Crippen molar-refractivity contribution in [1.29, 1.82) is 0 Å². The first-order valence-corrected chi connectivity index (χ1v) is 23.6. The fourth-order valence-electron chi connectivity index (χ4n) is 10.9. The molecule has 2 aliphatic carbocycles. The molecule has 4 aliphatic heterocycles. The Morgan fingerprint density at radius 3 is 2.73 bits per heavy atom. The number of rotatable bonds is 9. The number of nitrogens with zero attached hydrogens (tertiary/aromatic N) is 1. The smallest absolute Gasteiger partial charge is 0.340 e. The highest BCUT2D eigenvalue weighted by Gasteiger charge is 2.64. The van der Waals surface area contributed by atoms with E-state index in [1.54, 1.807) is 40.7 Å². The Balaban J connectivity index is 1.27. The molecule has 59 heavy (non-hydrogen) atoms. The molecule has 2 aromatic rings. The maximum absolute atomic E-state index is 14.2. The molecule has 1 saturated carbocycles. The molecule has 1 amide bonds. The summed E-state index contributed by atoms with van der Waals surface area (Å²) in [4.78, 5) is 44.0. The number of carbonyl (C=O) groups is 2. The molecular formula is C45H58N4O8S2. The number of dihydropyridines is 1. The maximum Gasteiger partial charge on any atom is 0.340 e. The minimum atomic E-state index is -1.18. The molecule has 0 bridgehead atoms. The molecule has 6 aliphatic rings. The van der Waals surface area contributed by atoms with Crippen LogP contribution in [0.25, 0.3) is 11.0 Å². The van der Waals surface area contributed by atoms with Crippen molar-refractivity contribution in [1.82, 2.24) is 15.5 Å². The van der Waals surface area contributed by atoms with Gasteiger partial charge in [-0.3, -0.25) is 4.79 Å². The van der Waals surface area contributed by atoms with Crippen LogP contribution < -0.4 is 26.7 Å². The van der Waals surface area contributed by atoms with Gasteiger partial charge in [-0.2, -0.15) is 0 Å². The lowest BCUT2D eigenvalue weighted by molar-refractivity contribution is -0.186. The van der Waals surface area contributed by atoms with E-state index in [4.69, 9.17) is 19.6 Å². The molecule has 0 radical (unpaired) electrons. The topological polar surface area (TPSA) is 177 Å². The number of aliphatic hydroxyl groups excluding tert-OH is 2. The monoisotopic (exact) mass is 846 g/mol. The van der Waals surface area contributed by atoms with Gasteiger partial charge in [0.15, 0.2) is 11.2 Å². The second kappa shape index (κ2) is 16.6. The first-order chi connectivity index (χ1) is 28.4. The summed E-state index contributed by atoms with van der Waals surface area (Å²) in [5.41, 5.74) is 8.42. The van der Waals surface area contributed by atoms with Crippen LogP contribution in [0, 0.1) is 17.8 Å². The van der Waals surface area contributed by atoms with Crippen LogP contribution in [0.5, 0.6) is 5.75 Å². The van der Waals surface area contributed by atoms with Gasteiger partial charge < -0.3 is 45.4 Å². The van der Waals surface area contributed by atoms with E-state index >= 15 is 0 Å². The van der Waals surface area contributed by atoms with Crippen molar-refractivity contribution in [3.8, 4) is 5.75 Å². The van der Waals surface area contributed by atoms with E-state index in [0.29, 0.717) is 72.3 Å². The molecule has 8 rings (SSSR count). The zero-order valence-electron chi connectivity index (χ0n) is 34.6. The highest BCUT2D eigenvalue weighted by molar-refractivity contribution is 8.76. The lowest BCUT2D eigenvalue weighted by Gasteiger charge is -2.53. The fraction of sp³-hybridized carbons (Fsp3) is 0.578. The number of amides is 1. The van der Waals surface area contributed by atoms with Gasteiger partial charge in [-0.15, -0.1) is 0 Å². The number of benzene rings is 1. The highest BCUT2D eigenvalue weighted by Crippen LogP contribution is 2.58. The average molecular weight is 847 g/mol. The molecule has 14 heteroatoms. The number of hydrogen-bond acceptors (Lipinski definition) is 13. The number of nitrogens with one attached hydrogen (secondary N) is 2. The highest BCUT2D eigenvalue weighted by atomic mass is 33.1. The van der Waals surface area contributed by atoms with Gasteiger partial charge in [-0.05, 0) is 87.9 Å². The van der Waals surface area contributed by atoms with E-state index in [-0.39, 0.29) is 37.5 Å². The molecule has 1 aromatic heterocycles. The van der Waals surface area contributed by atoms with Crippen molar-refractivity contribution in [2.45, 2.75) is 94.8 Å². The normalized spacial score (nSPS) is 29.7. The number of fused-ring (bicyclic) bond motifs is 6. The molecule has 0 unspecified atom stereocenters. The Morgan fingerprint density at radius 1 is 1.20 bits per heavy atom. The van der Waals surface area contributed by atoms with E-state index in [0.717, 1.165) is 65.6 Å². The minimum absolute atomic E-state index is 0.0797. The summed E-state index contributed by atoms with van der Waals surface area (Å²) in [6, 6.07) is 5.90. The summed E-state index contributed by atoms with van der Waals surface area (Å²) in [5, 5.41) is 27.8. The summed E-state index contributed by atoms with van der Waals surface area (Å²) in [6.45, 7) is 7.27. The van der Waals surface area contributed by atoms with E-state index in [1.165, 1.54) is 0 Å². The van der Waals surface area contributed by atoms with Crippen molar-refractivity contribution < 1.29 is 33.7 Å². The van der Waals surface area contributed by atoms with Crippen molar-refractivity contribution in [3.63, 3.8) is 0 Å². The van der Waals surface area contributed by atoms with Crippen LogP contribution in [0.3, 0.4) is 0 Å². The summed E-state index contributed by atoms with van der Waals surface area (Å²) in [5.74, 6) is 1.86. The summed E-state index contributed by atoms with van der Waals surface area (Å²) in [6.07, 6.45) is 10.6. The first-order valence-electron chi connectivity index (χ1n) is 21.1. The summed E-state index contributed by atoms with van der Waals surface area (Å²) in [7, 11) is 5.51. The van der Waals surface area contributed by atoms with Gasteiger partial charge in [-0.25, -0.2) is 9.59 Å². The van der Waals surface area contributed by atoms with Crippen molar-refractivity contribution in [2.75, 3.05) is 51.4 Å². The molecule has 6 atom stereocenters. The van der Waals surface area contributed by atoms with Gasteiger partial charge >= 0.3 is 11.6 Å². The number of carbonyl (C=O) groups excluding carboxylic acids is 2. The van der Waals surface area contributed by atoms with Crippen LogP contribution in [0.2, 0.25) is 0 Å². The van der Waals surface area contributed by atoms with Crippen LogP contribution in [0.15, 0.2) is 73.8 Å². The Kier molecular flexibility index (Phi) is 11.9. The maximum atomic E-state index is 14.2. The predicted octanol–water partition coefficient (Wildman–Crippen LogP) is 5.02. The molecule has 1 aromatic carbocycles. The van der Waals surface area contributed by atoms with Crippen LogP contribution in [-0.2, 0) is 26.2 Å². The standard InChI is InChI=1S/C45H58N4O8S2/c1-5-26(2)41(53)57-43(3)12-8-27-24-58-59-25-35-31(20-47-4)22-49(35)39(52)16-30-21-48-38(46)17-33(30)40(27)45(43)19-29-14-28-15-34(42(54)55-36(28)18-37(29)56-45)44(10-6-7-11-44)32(23-51)9-13-50/h5,8,14-15,17-18,31-32,35,40,47-48,50-51H,6-7,9-13,16,19-25,46H2,1-4H3/b26-5+/t31-,32-,35+,40-,43+,45+/m0/s1. The Morgan fingerprint density at radius 2 is 2.00 bits per heavy atom. The van der Waals surface area contributed by atoms with Crippen LogP contribution in [0.4, 0.5) is 0 Å². The van der Waals surface area contributed by atoms with Crippen LogP contribution in [0.1, 0.15) is 76.8 Å². The Labute approximate surface area is 353 Å². The van der Waals surface area contributed by atoms with Gasteiger partial charge in [0.25, 0.3) is 0 Å². The SMILES string of the molecule is C/C=C(\C)C(=O)O[C@]1(C)CC=C2CSSC[C@@H]3[C@@H](CNC)CN3C(=O)CC3=C(C=C(N)NC3)[C@H]2[C@]12Cc1cc3cc(C4([C@H](CO)CCO)CCCC4)c(=O)oc3cc1O2. The van der Waals surface area contributed by atoms with Gasteiger partial charge in [0, 0.05) is 97.2 Å². The van der Waals surface area contributed by atoms with Crippen molar-refractivity contribution in [2.24, 2.45) is 23.5 Å². The third-order valence-electron chi connectivity index (χ3n) is 14.3. The van der Waals surface area contributed by atoms with E-state index in [1.807, 2.05) is 44.0 Å². The van der Waals surface area contributed by atoms with Crippen LogP contribution >= 0.6 is 21.6 Å². The molecule has 1 spiro atoms. The molecule has 12 nitrogen and oxygen atoms in total. The summed E-state index contributed by atoms with van der Waals surface area (Å²) >= 11 is 0. The molecule has 1 saturated heterocycles. The number of allylic oxidation sites excluding steroid dienone is 2. The predicted molar refractivity (Wildman–Crippen MR) is 232 cm³/mol. The fourth-order valence-corrected chi connectivity index (χ4v) is 13.4. The molecule has 5 heterocycles. The van der Waals surface area contributed by atoms with Gasteiger partial charge in [0.1, 0.15) is 11.3 Å². The number of nitrogens with two attached hydrogens (primary N) is 1. The minimum Gasteiger partial charge on any atom is -0.481 e. The van der Waals surface area contributed by atoms with Crippen molar-refractivity contribution in [3.05, 3.63) is 86.1 Å². The number of aliphatic hydroxyl groups is 2. The lowest BCUT2D eigenvalue weighted by Crippen LogP contribution is -2.65. The average Bonchev–Trinajstić information content (AvgIpc) is 3.85.